The fourth-order valence-electron chi connectivity index (χ4n) is 2.97. The third-order valence-electron chi connectivity index (χ3n) is 4.71. The summed E-state index contributed by atoms with van der Waals surface area (Å²) in [6.07, 6.45) is -4.57. The molecule has 1 saturated heterocycles. The smallest absolute Gasteiger partial charge is 0.416 e. The lowest BCUT2D eigenvalue weighted by molar-refractivity contribution is -0.137. The van der Waals surface area contributed by atoms with E-state index >= 15 is 0 Å². The van der Waals surface area contributed by atoms with Gasteiger partial charge in [0, 0.05) is 25.4 Å². The molecule has 0 spiro atoms. The summed E-state index contributed by atoms with van der Waals surface area (Å²) in [7, 11) is -2.29. The van der Waals surface area contributed by atoms with Crippen LogP contribution < -0.4 is 10.3 Å². The van der Waals surface area contributed by atoms with Crippen LogP contribution in [0, 0.1) is 6.92 Å². The fourth-order valence-corrected chi connectivity index (χ4v) is 4.46. The van der Waals surface area contributed by atoms with Crippen molar-refractivity contribution in [3.05, 3.63) is 58.0 Å². The summed E-state index contributed by atoms with van der Waals surface area (Å²) in [6, 6.07) is 6.43. The van der Waals surface area contributed by atoms with Gasteiger partial charge in [0.05, 0.1) is 17.0 Å². The molecule has 0 saturated carbocycles. The van der Waals surface area contributed by atoms with Gasteiger partial charge < -0.3 is 9.30 Å². The molecule has 0 N–H and O–H groups in total. The van der Waals surface area contributed by atoms with Crippen molar-refractivity contribution in [3.8, 4) is 5.75 Å². The highest BCUT2D eigenvalue weighted by atomic mass is 32.2. The molecule has 10 heteroatoms. The molecule has 0 radical (unpaired) electrons. The van der Waals surface area contributed by atoms with Crippen LogP contribution in [0.2, 0.25) is 0 Å². The van der Waals surface area contributed by atoms with Gasteiger partial charge in [-0.15, -0.1) is 0 Å². The van der Waals surface area contributed by atoms with Gasteiger partial charge in [-0.05, 0) is 43.7 Å². The van der Waals surface area contributed by atoms with Gasteiger partial charge >= 0.3 is 6.18 Å². The van der Waals surface area contributed by atoms with Crippen LogP contribution in [0.3, 0.4) is 0 Å². The second-order valence-corrected chi connectivity index (χ2v) is 8.58. The normalized spacial score (nSPS) is 18.4. The maximum absolute atomic E-state index is 12.7. The third kappa shape index (κ3) is 4.07. The summed E-state index contributed by atoms with van der Waals surface area (Å²) in [5.74, 6) is 0.361. The van der Waals surface area contributed by atoms with E-state index in [2.05, 4.69) is 0 Å². The molecule has 6 nitrogen and oxygen atoms in total. The van der Waals surface area contributed by atoms with Crippen molar-refractivity contribution in [2.24, 2.45) is 7.05 Å². The zero-order valence-corrected chi connectivity index (χ0v) is 16.0. The Kier molecular flexibility index (Phi) is 5.28. The van der Waals surface area contributed by atoms with Gasteiger partial charge in [-0.2, -0.15) is 17.5 Å². The molecule has 1 atom stereocenters. The Labute approximate surface area is 160 Å². The predicted molar refractivity (Wildman–Crippen MR) is 95.7 cm³/mol. The average molecular weight is 416 g/mol. The van der Waals surface area contributed by atoms with Gasteiger partial charge in [-0.3, -0.25) is 4.79 Å². The van der Waals surface area contributed by atoms with Crippen LogP contribution >= 0.6 is 0 Å². The van der Waals surface area contributed by atoms with E-state index in [9.17, 15) is 26.4 Å². The van der Waals surface area contributed by atoms with Crippen LogP contribution in [-0.4, -0.2) is 36.5 Å². The van der Waals surface area contributed by atoms with E-state index in [0.717, 1.165) is 24.3 Å². The quantitative estimate of drug-likeness (QED) is 0.768. The summed E-state index contributed by atoms with van der Waals surface area (Å²) >= 11 is 0. The number of pyridine rings is 1. The minimum Gasteiger partial charge on any atom is -0.489 e. The van der Waals surface area contributed by atoms with Crippen LogP contribution in [0.1, 0.15) is 17.7 Å². The number of ether oxygens (including phenoxy) is 1. The van der Waals surface area contributed by atoms with Crippen LogP contribution in [-0.2, 0) is 23.2 Å². The largest absolute Gasteiger partial charge is 0.489 e. The second kappa shape index (κ2) is 7.25. The maximum atomic E-state index is 12.7. The maximum Gasteiger partial charge on any atom is 0.416 e. The molecule has 1 aromatic carbocycles. The van der Waals surface area contributed by atoms with Crippen molar-refractivity contribution in [1.82, 2.24) is 8.87 Å². The molecular weight excluding hydrogens is 397 g/mol. The summed E-state index contributed by atoms with van der Waals surface area (Å²) in [5, 5.41) is 0. The molecule has 1 fully saturated rings. The Balaban J connectivity index is 1.73. The molecule has 3 rings (SSSR count). The first kappa shape index (κ1) is 20.4. The predicted octanol–water partition coefficient (Wildman–Crippen LogP) is 2.55. The number of aromatic nitrogens is 1. The van der Waals surface area contributed by atoms with E-state index in [0.29, 0.717) is 17.9 Å². The van der Waals surface area contributed by atoms with E-state index in [1.54, 1.807) is 20.0 Å². The van der Waals surface area contributed by atoms with Crippen LogP contribution in [0.4, 0.5) is 13.2 Å². The Bertz CT molecular complexity index is 1030. The molecule has 2 aromatic rings. The first-order valence-corrected chi connectivity index (χ1v) is 9.94. The van der Waals surface area contributed by atoms with Crippen LogP contribution in [0.5, 0.6) is 5.75 Å². The first-order valence-electron chi connectivity index (χ1n) is 8.50. The van der Waals surface area contributed by atoms with E-state index in [-0.39, 0.29) is 23.5 Å². The lowest BCUT2D eigenvalue weighted by Crippen LogP contribution is -2.31. The fraction of sp³-hybridized carbons (Fsp3) is 0.389. The Morgan fingerprint density at radius 2 is 1.79 bits per heavy atom. The Morgan fingerprint density at radius 3 is 2.36 bits per heavy atom. The number of hydrogen-bond donors (Lipinski definition) is 0. The van der Waals surface area contributed by atoms with Crippen molar-refractivity contribution in [3.63, 3.8) is 0 Å². The molecule has 0 amide bonds. The lowest BCUT2D eigenvalue weighted by Gasteiger charge is -2.18. The zero-order chi connectivity index (χ0) is 20.7. The molecule has 1 aliphatic rings. The highest BCUT2D eigenvalue weighted by Crippen LogP contribution is 2.31. The van der Waals surface area contributed by atoms with Gasteiger partial charge in [0.25, 0.3) is 5.56 Å². The number of sulfonamides is 1. The molecule has 1 aromatic heterocycles. The standard InChI is InChI=1S/C18H19F3N2O4S/c1-12-9-15(10-17(24)22(12)2)27-14-7-8-23(11-14)28(25,26)16-5-3-13(4-6-16)18(19,20)21/h3-6,9-10,14H,7-8,11H2,1-2H3. The van der Waals surface area contributed by atoms with Gasteiger partial charge in [0.15, 0.2) is 0 Å². The van der Waals surface area contributed by atoms with E-state index in [4.69, 9.17) is 4.74 Å². The first-order chi connectivity index (χ1) is 13.0. The number of nitrogens with zero attached hydrogens (tertiary/aromatic N) is 2. The van der Waals surface area contributed by atoms with E-state index in [1.807, 2.05) is 0 Å². The van der Waals surface area contributed by atoms with Crippen LogP contribution in [0.15, 0.2) is 46.1 Å². The SMILES string of the molecule is Cc1cc(OC2CCN(S(=O)(=O)c3ccc(C(F)(F)F)cc3)C2)cc(=O)n1C. The molecule has 28 heavy (non-hydrogen) atoms. The van der Waals surface area contributed by atoms with Crippen molar-refractivity contribution in [1.29, 1.82) is 0 Å². The second-order valence-electron chi connectivity index (χ2n) is 6.64. The van der Waals surface area contributed by atoms with Crippen molar-refractivity contribution in [2.45, 2.75) is 30.5 Å². The number of aryl methyl sites for hydroxylation is 1. The number of hydrogen-bond acceptors (Lipinski definition) is 4. The Morgan fingerprint density at radius 1 is 1.14 bits per heavy atom. The average Bonchev–Trinajstić information content (AvgIpc) is 3.08. The summed E-state index contributed by atoms with van der Waals surface area (Å²) < 4.78 is 71.7. The topological polar surface area (TPSA) is 68.6 Å². The molecular formula is C18H19F3N2O4S. The van der Waals surface area contributed by atoms with Gasteiger partial charge in [0.2, 0.25) is 10.0 Å². The van der Waals surface area contributed by atoms with E-state index < -0.39 is 27.9 Å². The number of rotatable bonds is 4. The summed E-state index contributed by atoms with van der Waals surface area (Å²) in [5.41, 5.74) is -0.438. The minimum absolute atomic E-state index is 0.0532. The third-order valence-corrected chi connectivity index (χ3v) is 6.59. The number of alkyl halides is 3. The van der Waals surface area contributed by atoms with E-state index in [1.165, 1.54) is 14.9 Å². The monoisotopic (exact) mass is 416 g/mol. The van der Waals surface area contributed by atoms with Gasteiger partial charge in [0.1, 0.15) is 11.9 Å². The molecule has 2 heterocycles. The highest BCUT2D eigenvalue weighted by Gasteiger charge is 2.35. The lowest BCUT2D eigenvalue weighted by atomic mass is 10.2. The number of halogens is 3. The summed E-state index contributed by atoms with van der Waals surface area (Å²) in [4.78, 5) is 11.6. The van der Waals surface area contributed by atoms with Crippen molar-refractivity contribution < 1.29 is 26.3 Å². The minimum atomic E-state index is -4.53. The van der Waals surface area contributed by atoms with Crippen LogP contribution in [0.25, 0.3) is 0 Å². The summed E-state index contributed by atoms with van der Waals surface area (Å²) in [6.45, 7) is 1.99. The van der Waals surface area contributed by atoms with Crippen molar-refractivity contribution >= 4 is 10.0 Å². The molecule has 1 unspecified atom stereocenters. The van der Waals surface area contributed by atoms with Gasteiger partial charge in [-0.1, -0.05) is 0 Å². The molecule has 0 aliphatic carbocycles. The molecule has 152 valence electrons. The zero-order valence-electron chi connectivity index (χ0n) is 15.2. The molecule has 1 aliphatic heterocycles. The van der Waals surface area contributed by atoms with Crippen molar-refractivity contribution in [2.75, 3.05) is 13.1 Å². The molecule has 0 bridgehead atoms. The Hall–Kier alpha value is -2.33. The van der Waals surface area contributed by atoms with Gasteiger partial charge in [-0.25, -0.2) is 8.42 Å². The number of benzene rings is 1. The highest BCUT2D eigenvalue weighted by molar-refractivity contribution is 7.89.